The van der Waals surface area contributed by atoms with Crippen molar-refractivity contribution in [3.63, 3.8) is 0 Å². The second kappa shape index (κ2) is 7.87. The molecule has 21 heavy (non-hydrogen) atoms. The first-order chi connectivity index (χ1) is 10.0. The molecule has 0 bridgehead atoms. The van der Waals surface area contributed by atoms with Crippen LogP contribution in [0.2, 0.25) is 0 Å². The normalized spacial score (nSPS) is 17.9. The fraction of sp³-hybridized carbons (Fsp3) is 0.733. The Hall–Kier alpha value is -0.980. The van der Waals surface area contributed by atoms with Crippen LogP contribution >= 0.6 is 11.3 Å². The molecule has 0 radical (unpaired) electrons. The zero-order chi connectivity index (χ0) is 15.2. The maximum Gasteiger partial charge on any atom is 0.226 e. The molecule has 1 N–H and O–H groups in total. The van der Waals surface area contributed by atoms with E-state index in [9.17, 15) is 4.79 Å². The van der Waals surface area contributed by atoms with E-state index in [0.717, 1.165) is 43.5 Å². The number of nitrogens with zero attached hydrogens (tertiary/aromatic N) is 2. The van der Waals surface area contributed by atoms with Crippen molar-refractivity contribution in [1.29, 1.82) is 0 Å². The van der Waals surface area contributed by atoms with Gasteiger partial charge in [-0.25, -0.2) is 4.98 Å². The Morgan fingerprint density at radius 1 is 1.43 bits per heavy atom. The van der Waals surface area contributed by atoms with E-state index in [1.807, 2.05) is 12.3 Å². The lowest BCUT2D eigenvalue weighted by molar-refractivity contribution is -0.121. The summed E-state index contributed by atoms with van der Waals surface area (Å²) in [5, 5.41) is 6.14. The van der Waals surface area contributed by atoms with Crippen LogP contribution in [0.15, 0.2) is 5.38 Å². The van der Waals surface area contributed by atoms with Crippen molar-refractivity contribution in [2.75, 3.05) is 32.8 Å². The molecule has 118 valence electrons. The lowest BCUT2D eigenvalue weighted by Gasteiger charge is -2.29. The molecular weight excluding hydrogens is 286 g/mol. The Labute approximate surface area is 130 Å². The highest BCUT2D eigenvalue weighted by Gasteiger charge is 2.16. The Morgan fingerprint density at radius 2 is 2.14 bits per heavy atom. The molecule has 1 saturated heterocycles. The standard InChI is InChI=1S/C15H25N3O2S/c1-11(2)15-17-13(10-21-15)8-14(19)16-12(3)9-18-4-6-20-7-5-18/h10-12H,4-9H2,1-3H3,(H,16,19)/t12-/m1/s1. The molecule has 1 aromatic rings. The van der Waals surface area contributed by atoms with E-state index < -0.39 is 0 Å². The molecular formula is C15H25N3O2S. The Balaban J connectivity index is 1.74. The molecule has 1 atom stereocenters. The number of morpholine rings is 1. The van der Waals surface area contributed by atoms with Crippen molar-refractivity contribution in [3.8, 4) is 0 Å². The third kappa shape index (κ3) is 5.37. The first-order valence-electron chi connectivity index (χ1n) is 7.58. The number of nitrogens with one attached hydrogen (secondary N) is 1. The van der Waals surface area contributed by atoms with Crippen molar-refractivity contribution in [1.82, 2.24) is 15.2 Å². The summed E-state index contributed by atoms with van der Waals surface area (Å²) in [7, 11) is 0. The van der Waals surface area contributed by atoms with E-state index in [1.165, 1.54) is 0 Å². The number of carbonyl (C=O) groups excluding carboxylic acids is 1. The summed E-state index contributed by atoms with van der Waals surface area (Å²) < 4.78 is 5.33. The third-order valence-corrected chi connectivity index (χ3v) is 4.64. The highest BCUT2D eigenvalue weighted by molar-refractivity contribution is 7.09. The molecule has 0 aromatic carbocycles. The van der Waals surface area contributed by atoms with Crippen LogP contribution in [0.1, 0.15) is 37.4 Å². The van der Waals surface area contributed by atoms with Gasteiger partial charge in [0.05, 0.1) is 30.3 Å². The van der Waals surface area contributed by atoms with Crippen LogP contribution in [-0.4, -0.2) is 54.7 Å². The van der Waals surface area contributed by atoms with Gasteiger partial charge in [0.25, 0.3) is 0 Å². The summed E-state index contributed by atoms with van der Waals surface area (Å²) in [6, 6.07) is 0.152. The molecule has 0 spiro atoms. The van der Waals surface area contributed by atoms with Gasteiger partial charge in [-0.3, -0.25) is 9.69 Å². The molecule has 0 unspecified atom stereocenters. The lowest BCUT2D eigenvalue weighted by atomic mass is 10.2. The fourth-order valence-corrected chi connectivity index (χ4v) is 3.21. The second-order valence-corrected chi connectivity index (χ2v) is 6.78. The van der Waals surface area contributed by atoms with Crippen LogP contribution in [0.4, 0.5) is 0 Å². The number of carbonyl (C=O) groups is 1. The molecule has 1 aromatic heterocycles. The number of rotatable bonds is 6. The molecule has 0 aliphatic carbocycles. The van der Waals surface area contributed by atoms with Crippen LogP contribution < -0.4 is 5.32 Å². The van der Waals surface area contributed by atoms with Gasteiger partial charge in [0.2, 0.25) is 5.91 Å². The van der Waals surface area contributed by atoms with E-state index in [0.29, 0.717) is 12.3 Å². The largest absolute Gasteiger partial charge is 0.379 e. The molecule has 2 heterocycles. The summed E-state index contributed by atoms with van der Waals surface area (Å²) in [5.74, 6) is 0.475. The fourth-order valence-electron chi connectivity index (χ4n) is 2.38. The minimum atomic E-state index is 0.0522. The van der Waals surface area contributed by atoms with E-state index in [2.05, 4.69) is 29.0 Å². The molecule has 1 amide bonds. The average Bonchev–Trinajstić information content (AvgIpc) is 2.88. The Morgan fingerprint density at radius 3 is 2.76 bits per heavy atom. The third-order valence-electron chi connectivity index (χ3n) is 3.45. The molecule has 5 nitrogen and oxygen atoms in total. The molecule has 2 rings (SSSR count). The minimum absolute atomic E-state index is 0.0522. The van der Waals surface area contributed by atoms with E-state index in [1.54, 1.807) is 11.3 Å². The van der Waals surface area contributed by atoms with Gasteiger partial charge in [0.15, 0.2) is 0 Å². The van der Waals surface area contributed by atoms with Gasteiger partial charge in [0, 0.05) is 37.0 Å². The van der Waals surface area contributed by atoms with Crippen molar-refractivity contribution < 1.29 is 9.53 Å². The van der Waals surface area contributed by atoms with Crippen LogP contribution in [0.25, 0.3) is 0 Å². The molecule has 0 saturated carbocycles. The number of aromatic nitrogens is 1. The Kier molecular flexibility index (Phi) is 6.14. The van der Waals surface area contributed by atoms with E-state index >= 15 is 0 Å². The Bertz CT molecular complexity index is 456. The number of hydrogen-bond acceptors (Lipinski definition) is 5. The van der Waals surface area contributed by atoms with Gasteiger partial charge < -0.3 is 10.1 Å². The average molecular weight is 311 g/mol. The number of amides is 1. The molecule has 6 heteroatoms. The predicted octanol–water partition coefficient (Wildman–Crippen LogP) is 1.65. The SMILES string of the molecule is CC(C)c1nc(CC(=O)N[C@H](C)CN2CCOCC2)cs1. The molecule has 1 aliphatic rings. The van der Waals surface area contributed by atoms with Crippen LogP contribution in [0.5, 0.6) is 0 Å². The van der Waals surface area contributed by atoms with Gasteiger partial charge in [-0.1, -0.05) is 13.8 Å². The van der Waals surface area contributed by atoms with Crippen molar-refractivity contribution in [2.24, 2.45) is 0 Å². The monoisotopic (exact) mass is 311 g/mol. The zero-order valence-electron chi connectivity index (χ0n) is 13.1. The minimum Gasteiger partial charge on any atom is -0.379 e. The lowest BCUT2D eigenvalue weighted by Crippen LogP contribution is -2.46. The highest BCUT2D eigenvalue weighted by Crippen LogP contribution is 2.19. The number of thiazole rings is 1. The first kappa shape index (κ1) is 16.4. The molecule has 1 fully saturated rings. The van der Waals surface area contributed by atoms with E-state index in [-0.39, 0.29) is 11.9 Å². The first-order valence-corrected chi connectivity index (χ1v) is 8.46. The summed E-state index contributed by atoms with van der Waals surface area (Å²) in [4.78, 5) is 18.9. The zero-order valence-corrected chi connectivity index (χ0v) is 13.9. The quantitative estimate of drug-likeness (QED) is 0.868. The van der Waals surface area contributed by atoms with Crippen LogP contribution in [0.3, 0.4) is 0 Å². The van der Waals surface area contributed by atoms with Crippen LogP contribution in [0, 0.1) is 0 Å². The number of hydrogen-bond donors (Lipinski definition) is 1. The van der Waals surface area contributed by atoms with Crippen molar-refractivity contribution in [3.05, 3.63) is 16.1 Å². The van der Waals surface area contributed by atoms with Gasteiger partial charge in [-0.2, -0.15) is 0 Å². The topological polar surface area (TPSA) is 54.5 Å². The highest BCUT2D eigenvalue weighted by atomic mass is 32.1. The summed E-state index contributed by atoms with van der Waals surface area (Å²) >= 11 is 1.63. The van der Waals surface area contributed by atoms with Crippen molar-refractivity contribution >= 4 is 17.2 Å². The van der Waals surface area contributed by atoms with Gasteiger partial charge in [-0.15, -0.1) is 11.3 Å². The summed E-state index contributed by atoms with van der Waals surface area (Å²) in [6.07, 6.45) is 0.372. The van der Waals surface area contributed by atoms with Gasteiger partial charge in [-0.05, 0) is 6.92 Å². The maximum absolute atomic E-state index is 12.1. The maximum atomic E-state index is 12.1. The second-order valence-electron chi connectivity index (χ2n) is 5.89. The smallest absolute Gasteiger partial charge is 0.226 e. The van der Waals surface area contributed by atoms with Crippen molar-refractivity contribution in [2.45, 2.75) is 39.2 Å². The predicted molar refractivity (Wildman–Crippen MR) is 84.8 cm³/mol. The van der Waals surface area contributed by atoms with Gasteiger partial charge in [0.1, 0.15) is 0 Å². The summed E-state index contributed by atoms with van der Waals surface area (Å²) in [5.41, 5.74) is 0.875. The van der Waals surface area contributed by atoms with Gasteiger partial charge >= 0.3 is 0 Å². The van der Waals surface area contributed by atoms with E-state index in [4.69, 9.17) is 4.74 Å². The molecule has 1 aliphatic heterocycles. The number of ether oxygens (including phenoxy) is 1. The van der Waals surface area contributed by atoms with Crippen LogP contribution in [-0.2, 0) is 16.0 Å². The summed E-state index contributed by atoms with van der Waals surface area (Å²) in [6.45, 7) is 10.6.